The minimum Gasteiger partial charge on any atom is -0.508 e. The highest BCUT2D eigenvalue weighted by molar-refractivity contribution is 7.85. The number of nitrogens with zero attached hydrogens (tertiary/aromatic N) is 1. The summed E-state index contributed by atoms with van der Waals surface area (Å²) < 4.78 is 25.9. The van der Waals surface area contributed by atoms with Crippen LogP contribution in [0, 0.1) is 11.8 Å². The first-order valence-electron chi connectivity index (χ1n) is 10.2. The van der Waals surface area contributed by atoms with E-state index in [1.54, 1.807) is 0 Å². The molecule has 0 spiro atoms. The van der Waals surface area contributed by atoms with E-state index in [1.807, 2.05) is 12.1 Å². The molecule has 3 fully saturated rings. The van der Waals surface area contributed by atoms with Crippen molar-refractivity contribution in [3.05, 3.63) is 29.3 Å². The number of likely N-dealkylation sites (tertiary alicyclic amines) is 1. The lowest BCUT2D eigenvalue weighted by atomic mass is 9.52. The fourth-order valence-corrected chi connectivity index (χ4v) is 5.75. The molecule has 2 bridgehead atoms. The maximum atomic E-state index is 12.3. The van der Waals surface area contributed by atoms with Crippen molar-refractivity contribution in [3.63, 3.8) is 0 Å². The molecule has 28 heavy (non-hydrogen) atoms. The highest BCUT2D eigenvalue weighted by atomic mass is 32.2. The number of phenolic OH excluding ortho intramolecular Hbond substituents is 1. The number of rotatable bonds is 2. The first-order valence-corrected chi connectivity index (χ1v) is 12.0. The molecule has 2 N–H and O–H groups in total. The average Bonchev–Trinajstić information content (AvgIpc) is 3.40. The summed E-state index contributed by atoms with van der Waals surface area (Å²) in [7, 11) is -3.67. The van der Waals surface area contributed by atoms with Gasteiger partial charge in [-0.05, 0) is 73.7 Å². The van der Waals surface area contributed by atoms with Crippen molar-refractivity contribution in [2.45, 2.75) is 56.4 Å². The van der Waals surface area contributed by atoms with Crippen molar-refractivity contribution < 1.29 is 22.9 Å². The Labute approximate surface area is 166 Å². The van der Waals surface area contributed by atoms with Crippen molar-refractivity contribution >= 4 is 15.9 Å². The molecule has 1 saturated heterocycles. The van der Waals surface area contributed by atoms with Crippen molar-refractivity contribution in [2.75, 3.05) is 19.3 Å². The second-order valence-electron chi connectivity index (χ2n) is 9.05. The van der Waals surface area contributed by atoms with Gasteiger partial charge < -0.3 is 5.11 Å². The summed E-state index contributed by atoms with van der Waals surface area (Å²) in [5, 5.41) is 10.0. The van der Waals surface area contributed by atoms with Gasteiger partial charge in [0.1, 0.15) is 11.5 Å². The molecule has 7 heteroatoms. The molecule has 3 unspecified atom stereocenters. The van der Waals surface area contributed by atoms with Crippen LogP contribution in [0.4, 0.5) is 0 Å². The monoisotopic (exact) mass is 407 g/mol. The Balaban J connectivity index is 0.000000346. The average molecular weight is 408 g/mol. The molecule has 3 aliphatic carbocycles. The Kier molecular flexibility index (Phi) is 5.04. The number of carbonyl (C=O) groups excluding carboxylic acids is 1. The van der Waals surface area contributed by atoms with E-state index in [4.69, 9.17) is 4.55 Å². The molecule has 1 heterocycles. The van der Waals surface area contributed by atoms with Gasteiger partial charge >= 0.3 is 0 Å². The van der Waals surface area contributed by atoms with Crippen LogP contribution in [0.25, 0.3) is 0 Å². The molecule has 0 radical (unpaired) electrons. The van der Waals surface area contributed by atoms with Crippen LogP contribution in [0.15, 0.2) is 18.2 Å². The van der Waals surface area contributed by atoms with Crippen molar-refractivity contribution in [3.8, 4) is 5.75 Å². The van der Waals surface area contributed by atoms with Gasteiger partial charge in [0.2, 0.25) is 0 Å². The molecule has 1 aliphatic heterocycles. The Morgan fingerprint density at radius 1 is 1.25 bits per heavy atom. The lowest BCUT2D eigenvalue weighted by Crippen LogP contribution is -2.62. The van der Waals surface area contributed by atoms with Gasteiger partial charge in [0.05, 0.1) is 6.26 Å². The van der Waals surface area contributed by atoms with E-state index in [9.17, 15) is 18.3 Å². The molecule has 2 saturated carbocycles. The number of aromatic hydroxyl groups is 1. The van der Waals surface area contributed by atoms with Crippen molar-refractivity contribution in [1.29, 1.82) is 0 Å². The fraction of sp³-hybridized carbons (Fsp3) is 0.667. The lowest BCUT2D eigenvalue weighted by molar-refractivity contribution is -0.127. The number of fused-ring (bicyclic) bond motifs is 1. The Morgan fingerprint density at radius 3 is 2.64 bits per heavy atom. The van der Waals surface area contributed by atoms with Crippen molar-refractivity contribution in [1.82, 2.24) is 4.90 Å². The van der Waals surface area contributed by atoms with E-state index in [1.165, 1.54) is 30.5 Å². The summed E-state index contributed by atoms with van der Waals surface area (Å²) in [4.78, 5) is 15.0. The highest BCUT2D eigenvalue weighted by Gasteiger charge is 2.55. The number of ketones is 1. The minimum absolute atomic E-state index is 0.00632. The van der Waals surface area contributed by atoms with Crippen molar-refractivity contribution in [2.24, 2.45) is 11.8 Å². The summed E-state index contributed by atoms with van der Waals surface area (Å²) in [5.74, 6) is 2.30. The van der Waals surface area contributed by atoms with Gasteiger partial charge in [-0.3, -0.25) is 14.2 Å². The number of Topliss-reactive ketones (excluding diaryl/α,β-unsaturated/α-hetero) is 1. The predicted molar refractivity (Wildman–Crippen MR) is 106 cm³/mol. The Hall–Kier alpha value is -1.44. The zero-order valence-corrected chi connectivity index (χ0v) is 17.1. The summed E-state index contributed by atoms with van der Waals surface area (Å²) in [6, 6.07) is 6.50. The molecular weight excluding hydrogens is 378 g/mol. The van der Waals surface area contributed by atoms with Crippen LogP contribution < -0.4 is 0 Å². The zero-order valence-electron chi connectivity index (χ0n) is 16.3. The number of benzene rings is 1. The molecule has 0 aromatic heterocycles. The van der Waals surface area contributed by atoms with Gasteiger partial charge in [0, 0.05) is 30.8 Å². The van der Waals surface area contributed by atoms with Crippen LogP contribution in [0.3, 0.4) is 0 Å². The normalized spacial score (nSPS) is 32.0. The molecule has 4 aliphatic rings. The van der Waals surface area contributed by atoms with Gasteiger partial charge in [-0.1, -0.05) is 6.07 Å². The maximum Gasteiger partial charge on any atom is 0.261 e. The van der Waals surface area contributed by atoms with Gasteiger partial charge in [-0.15, -0.1) is 0 Å². The molecule has 3 atom stereocenters. The quantitative estimate of drug-likeness (QED) is 0.732. The summed E-state index contributed by atoms with van der Waals surface area (Å²) in [6.45, 7) is 2.39. The van der Waals surface area contributed by atoms with E-state index in [2.05, 4.69) is 11.0 Å². The van der Waals surface area contributed by atoms with E-state index >= 15 is 0 Å². The van der Waals surface area contributed by atoms with Crippen LogP contribution in [-0.2, 0) is 26.7 Å². The zero-order chi connectivity index (χ0) is 20.1. The molecule has 1 aromatic rings. The van der Waals surface area contributed by atoms with Crippen LogP contribution in [-0.4, -0.2) is 54.1 Å². The number of carbonyl (C=O) groups is 1. The first-order chi connectivity index (χ1) is 13.2. The molecular formula is C21H29NO5S. The largest absolute Gasteiger partial charge is 0.508 e. The van der Waals surface area contributed by atoms with Crippen LogP contribution in [0.2, 0.25) is 0 Å². The highest BCUT2D eigenvalue weighted by Crippen LogP contribution is 2.55. The number of hydrogen-bond acceptors (Lipinski definition) is 5. The SMILES string of the molecule is CS(=O)(=O)O.O=C1CCC2C3Cc4ccc(O)cc4C2(CCN3CC2CC2)C1. The van der Waals surface area contributed by atoms with Crippen LogP contribution in [0.1, 0.15) is 49.7 Å². The van der Waals surface area contributed by atoms with E-state index < -0.39 is 10.1 Å². The van der Waals surface area contributed by atoms with Crippen LogP contribution in [0.5, 0.6) is 5.75 Å². The Morgan fingerprint density at radius 2 is 1.96 bits per heavy atom. The lowest BCUT2D eigenvalue weighted by Gasteiger charge is -2.58. The smallest absolute Gasteiger partial charge is 0.261 e. The third kappa shape index (κ3) is 3.98. The molecule has 6 nitrogen and oxygen atoms in total. The molecule has 154 valence electrons. The third-order valence-corrected chi connectivity index (χ3v) is 6.98. The molecule has 1 aromatic carbocycles. The van der Waals surface area contributed by atoms with Gasteiger partial charge in [0.25, 0.3) is 10.1 Å². The molecule has 5 rings (SSSR count). The number of phenols is 1. The fourth-order valence-electron chi connectivity index (χ4n) is 5.75. The second kappa shape index (κ2) is 7.11. The summed E-state index contributed by atoms with van der Waals surface area (Å²) in [5.41, 5.74) is 2.67. The third-order valence-electron chi connectivity index (χ3n) is 6.98. The maximum absolute atomic E-state index is 12.3. The van der Waals surface area contributed by atoms with Crippen LogP contribution >= 0.6 is 0 Å². The van der Waals surface area contributed by atoms with Gasteiger partial charge in [0.15, 0.2) is 0 Å². The molecule has 0 amide bonds. The van der Waals surface area contributed by atoms with E-state index in [0.29, 0.717) is 36.2 Å². The first kappa shape index (κ1) is 19.9. The summed E-state index contributed by atoms with van der Waals surface area (Å²) >= 11 is 0. The topological polar surface area (TPSA) is 94.9 Å². The number of piperidine rings is 1. The predicted octanol–water partition coefficient (Wildman–Crippen LogP) is 2.54. The van der Waals surface area contributed by atoms with Gasteiger partial charge in [-0.25, -0.2) is 0 Å². The van der Waals surface area contributed by atoms with E-state index in [-0.39, 0.29) is 5.41 Å². The standard InChI is InChI=1S/C20H25NO2.CH4O3S/c22-15-4-3-14-9-19-17-6-5-16(23)11-20(17,18(14)10-15)7-8-21(19)12-13-1-2-13;1-5(2,3)4/h3-4,10,13,17,19,22H,1-2,5-9,11-12H2;1H3,(H,2,3,4). The summed E-state index contributed by atoms with van der Waals surface area (Å²) in [6.07, 6.45) is 8.21. The second-order valence-corrected chi connectivity index (χ2v) is 10.5. The van der Waals surface area contributed by atoms with E-state index in [0.717, 1.165) is 38.1 Å². The Bertz CT molecular complexity index is 871. The number of hydrogen-bond donors (Lipinski definition) is 2. The van der Waals surface area contributed by atoms with Gasteiger partial charge in [-0.2, -0.15) is 8.42 Å². The minimum atomic E-state index is -3.67.